The number of pyridine rings is 1. The first-order valence-corrected chi connectivity index (χ1v) is 12.4. The van der Waals surface area contributed by atoms with E-state index in [2.05, 4.69) is 24.0 Å². The first kappa shape index (κ1) is 24.0. The summed E-state index contributed by atoms with van der Waals surface area (Å²) in [4.78, 5) is 31.6. The van der Waals surface area contributed by atoms with Gasteiger partial charge in [-0.15, -0.1) is 11.3 Å². The molecule has 184 valence electrons. The van der Waals surface area contributed by atoms with E-state index in [1.54, 1.807) is 41.7 Å². The Morgan fingerprint density at radius 3 is 2.72 bits per heavy atom. The normalized spacial score (nSPS) is 12.0. The van der Waals surface area contributed by atoms with Crippen molar-refractivity contribution < 1.29 is 28.9 Å². The van der Waals surface area contributed by atoms with Crippen molar-refractivity contribution in [2.45, 2.75) is 26.4 Å². The van der Waals surface area contributed by atoms with Crippen molar-refractivity contribution in [3.63, 3.8) is 0 Å². The van der Waals surface area contributed by atoms with Gasteiger partial charge in [0.1, 0.15) is 30.4 Å². The quantitative estimate of drug-likeness (QED) is 0.306. The molecule has 0 fully saturated rings. The molecule has 0 spiro atoms. The van der Waals surface area contributed by atoms with Crippen molar-refractivity contribution >= 4 is 33.0 Å². The molecule has 1 N–H and O–H groups in total. The van der Waals surface area contributed by atoms with E-state index in [9.17, 15) is 9.59 Å². The summed E-state index contributed by atoms with van der Waals surface area (Å²) in [6, 6.07) is 14.5. The monoisotopic (exact) mass is 503 g/mol. The number of benzene rings is 2. The summed E-state index contributed by atoms with van der Waals surface area (Å²) in [5.41, 5.74) is 3.64. The Morgan fingerprint density at radius 2 is 1.92 bits per heavy atom. The number of methoxy groups -OCH3 is 1. The molecule has 2 aromatic heterocycles. The zero-order chi connectivity index (χ0) is 25.2. The van der Waals surface area contributed by atoms with Crippen LogP contribution in [0.2, 0.25) is 0 Å². The zero-order valence-electron chi connectivity index (χ0n) is 20.0. The molecule has 0 amide bonds. The fraction of sp³-hybridized carbons (Fsp3) is 0.250. The number of aliphatic hydroxyl groups excluding tert-OH is 1. The molecule has 0 bridgehead atoms. The molecule has 0 saturated heterocycles. The topological polar surface area (TPSA) is 95.0 Å². The second kappa shape index (κ2) is 10.1. The van der Waals surface area contributed by atoms with E-state index in [0.29, 0.717) is 40.8 Å². The van der Waals surface area contributed by atoms with E-state index in [4.69, 9.17) is 19.3 Å². The number of fused-ring (bicyclic) bond motifs is 5. The van der Waals surface area contributed by atoms with Crippen LogP contribution >= 0.6 is 11.3 Å². The van der Waals surface area contributed by atoms with E-state index in [-0.39, 0.29) is 37.6 Å². The minimum Gasteiger partial charge on any atom is -0.493 e. The van der Waals surface area contributed by atoms with Crippen LogP contribution in [0.25, 0.3) is 21.3 Å². The molecule has 1 aliphatic heterocycles. The van der Waals surface area contributed by atoms with Gasteiger partial charge in [-0.3, -0.25) is 9.59 Å². The Balaban J connectivity index is 1.34. The maximum atomic E-state index is 13.0. The average Bonchev–Trinajstić information content (AvgIpc) is 3.30. The van der Waals surface area contributed by atoms with Gasteiger partial charge in [-0.2, -0.15) is 0 Å². The summed E-state index contributed by atoms with van der Waals surface area (Å²) >= 11 is 1.70. The van der Waals surface area contributed by atoms with Crippen LogP contribution in [0.15, 0.2) is 48.5 Å². The van der Waals surface area contributed by atoms with E-state index in [1.807, 2.05) is 6.07 Å². The minimum atomic E-state index is -0.205. The number of carbonyl (C=O) groups excluding carboxylic acids is 2. The number of hydrogen-bond acceptors (Lipinski definition) is 8. The predicted molar refractivity (Wildman–Crippen MR) is 138 cm³/mol. The Hall–Kier alpha value is -3.75. The molecule has 36 heavy (non-hydrogen) atoms. The number of aromatic nitrogens is 1. The smallest absolute Gasteiger partial charge is 0.181 e. The lowest BCUT2D eigenvalue weighted by atomic mass is 10.0. The Labute approximate surface area is 212 Å². The molecule has 4 aromatic rings. The SMILES string of the molecule is COc1cc(C(=O)CCC(=O)c2ccc3c(n2)-c2c(sc4c(C)cccc24)CO3)ccc1OCCO. The highest BCUT2D eigenvalue weighted by Crippen LogP contribution is 2.46. The van der Waals surface area contributed by atoms with Crippen LogP contribution in [0, 0.1) is 6.92 Å². The number of carbonyl (C=O) groups is 2. The largest absolute Gasteiger partial charge is 0.493 e. The summed E-state index contributed by atoms with van der Waals surface area (Å²) in [6.07, 6.45) is 0.0762. The van der Waals surface area contributed by atoms with Crippen molar-refractivity contribution in [1.29, 1.82) is 0 Å². The number of aliphatic hydroxyl groups is 1. The van der Waals surface area contributed by atoms with Crippen LogP contribution in [-0.4, -0.2) is 42.0 Å². The number of aryl methyl sites for hydroxylation is 1. The molecule has 0 unspecified atom stereocenters. The summed E-state index contributed by atoms with van der Waals surface area (Å²) in [5.74, 6) is 1.11. The number of rotatable bonds is 9. The van der Waals surface area contributed by atoms with E-state index in [0.717, 1.165) is 15.8 Å². The molecule has 0 aliphatic carbocycles. The van der Waals surface area contributed by atoms with Crippen LogP contribution in [0.1, 0.15) is 44.1 Å². The molecule has 2 aromatic carbocycles. The molecule has 0 radical (unpaired) electrons. The molecule has 8 heteroatoms. The van der Waals surface area contributed by atoms with Gasteiger partial charge < -0.3 is 19.3 Å². The van der Waals surface area contributed by atoms with Gasteiger partial charge in [0.15, 0.2) is 23.1 Å². The highest BCUT2D eigenvalue weighted by atomic mass is 32.1. The number of nitrogens with zero attached hydrogens (tertiary/aromatic N) is 1. The van der Waals surface area contributed by atoms with E-state index >= 15 is 0 Å². The third kappa shape index (κ3) is 4.45. The first-order chi connectivity index (χ1) is 17.5. The zero-order valence-corrected chi connectivity index (χ0v) is 20.8. The molecule has 7 nitrogen and oxygen atoms in total. The predicted octanol–water partition coefficient (Wildman–Crippen LogP) is 5.39. The maximum Gasteiger partial charge on any atom is 0.181 e. The van der Waals surface area contributed by atoms with Gasteiger partial charge in [-0.1, -0.05) is 18.2 Å². The van der Waals surface area contributed by atoms with Crippen LogP contribution in [0.4, 0.5) is 0 Å². The van der Waals surface area contributed by atoms with Crippen LogP contribution in [-0.2, 0) is 6.61 Å². The molecular weight excluding hydrogens is 478 g/mol. The minimum absolute atomic E-state index is 0.0346. The number of thiophene rings is 1. The van der Waals surface area contributed by atoms with Gasteiger partial charge >= 0.3 is 0 Å². The van der Waals surface area contributed by atoms with E-state index in [1.165, 1.54) is 17.4 Å². The lowest BCUT2D eigenvalue weighted by Crippen LogP contribution is -2.10. The highest BCUT2D eigenvalue weighted by Gasteiger charge is 2.26. The fourth-order valence-corrected chi connectivity index (χ4v) is 5.51. The van der Waals surface area contributed by atoms with Gasteiger partial charge in [-0.05, 0) is 42.8 Å². The van der Waals surface area contributed by atoms with Crippen molar-refractivity contribution in [3.8, 4) is 28.5 Å². The van der Waals surface area contributed by atoms with Gasteiger partial charge in [0.25, 0.3) is 0 Å². The Morgan fingerprint density at radius 1 is 1.08 bits per heavy atom. The van der Waals surface area contributed by atoms with Crippen molar-refractivity contribution in [2.75, 3.05) is 20.3 Å². The van der Waals surface area contributed by atoms with E-state index < -0.39 is 0 Å². The maximum absolute atomic E-state index is 13.0. The number of hydrogen-bond donors (Lipinski definition) is 1. The summed E-state index contributed by atoms with van der Waals surface area (Å²) in [6.45, 7) is 2.57. The Bertz CT molecular complexity index is 1470. The van der Waals surface area contributed by atoms with Crippen LogP contribution in [0.3, 0.4) is 0 Å². The van der Waals surface area contributed by atoms with Crippen LogP contribution < -0.4 is 14.2 Å². The second-order valence-electron chi connectivity index (χ2n) is 8.47. The molecule has 3 heterocycles. The molecule has 0 saturated carbocycles. The van der Waals surface area contributed by atoms with Gasteiger partial charge in [0.05, 0.1) is 18.6 Å². The number of ketones is 2. The summed E-state index contributed by atoms with van der Waals surface area (Å²) < 4.78 is 17.8. The second-order valence-corrected chi connectivity index (χ2v) is 9.57. The van der Waals surface area contributed by atoms with Crippen LogP contribution in [0.5, 0.6) is 17.2 Å². The lowest BCUT2D eigenvalue weighted by Gasteiger charge is -2.17. The van der Waals surface area contributed by atoms with Crippen molar-refractivity contribution in [3.05, 3.63) is 70.2 Å². The Kier molecular flexibility index (Phi) is 6.71. The highest BCUT2D eigenvalue weighted by molar-refractivity contribution is 7.20. The molecule has 1 aliphatic rings. The van der Waals surface area contributed by atoms with Crippen molar-refractivity contribution in [2.24, 2.45) is 0 Å². The average molecular weight is 504 g/mol. The van der Waals surface area contributed by atoms with Gasteiger partial charge in [0, 0.05) is 34.1 Å². The molecule has 5 rings (SSSR count). The number of Topliss-reactive ketones (excluding diaryl/α,β-unsaturated/α-hetero) is 2. The number of ether oxygens (including phenoxy) is 3. The molecular formula is C28H25NO6S. The third-order valence-electron chi connectivity index (χ3n) is 6.14. The fourth-order valence-electron chi connectivity index (χ4n) is 4.33. The third-order valence-corrected chi connectivity index (χ3v) is 7.45. The summed E-state index contributed by atoms with van der Waals surface area (Å²) in [7, 11) is 1.48. The van der Waals surface area contributed by atoms with Crippen molar-refractivity contribution in [1.82, 2.24) is 4.98 Å². The summed E-state index contributed by atoms with van der Waals surface area (Å²) in [5, 5.41) is 10.1. The first-order valence-electron chi connectivity index (χ1n) is 11.6. The van der Waals surface area contributed by atoms with Gasteiger partial charge in [-0.25, -0.2) is 4.98 Å². The molecule has 0 atom stereocenters. The van der Waals surface area contributed by atoms with Gasteiger partial charge in [0.2, 0.25) is 0 Å². The standard InChI is InChI=1S/C28H25NO6S/c1-16-4-3-5-18-26-25(36-28(16)18)15-35-23-11-7-19(29-27(23)26)21(32)9-8-20(31)17-6-10-22(34-13-12-30)24(14-17)33-2/h3-7,10-11,14,30H,8-9,12-13,15H2,1-2H3. The lowest BCUT2D eigenvalue weighted by molar-refractivity contribution is 0.0914.